The van der Waals surface area contributed by atoms with Crippen molar-refractivity contribution in [3.8, 4) is 0 Å². The number of hydrogen-bond acceptors (Lipinski definition) is 4. The number of aliphatic carboxylic acids is 2. The predicted octanol–water partition coefficient (Wildman–Crippen LogP) is 1.01. The van der Waals surface area contributed by atoms with Gasteiger partial charge in [-0.2, -0.15) is 0 Å². The van der Waals surface area contributed by atoms with Crippen LogP contribution in [0.1, 0.15) is 38.5 Å². The van der Waals surface area contributed by atoms with Gasteiger partial charge < -0.3 is 20.4 Å². The molecule has 0 aliphatic heterocycles. The minimum absolute atomic E-state index is 0.704. The Morgan fingerprint density at radius 2 is 1.47 bits per heavy atom. The lowest BCUT2D eigenvalue weighted by molar-refractivity contribution is -0.159. The van der Waals surface area contributed by atoms with Crippen molar-refractivity contribution in [1.29, 1.82) is 0 Å². The quantitative estimate of drug-likeness (QED) is 0.651. The lowest BCUT2D eigenvalue weighted by Crippen LogP contribution is -2.46. The van der Waals surface area contributed by atoms with E-state index in [1.54, 1.807) is 0 Å². The Hall–Kier alpha value is -1.14. The summed E-state index contributed by atoms with van der Waals surface area (Å²) in [5.41, 5.74) is 0. The number of carbonyl (C=O) groups is 2. The highest BCUT2D eigenvalue weighted by molar-refractivity contribution is 6.27. The zero-order chi connectivity index (χ0) is 14.8. The molecule has 0 radical (unpaired) electrons. The molecule has 1 aliphatic carbocycles. The van der Waals surface area contributed by atoms with Crippen molar-refractivity contribution in [2.75, 3.05) is 21.1 Å². The van der Waals surface area contributed by atoms with Crippen LogP contribution in [0.15, 0.2) is 0 Å². The highest BCUT2D eigenvalue weighted by atomic mass is 16.4. The summed E-state index contributed by atoms with van der Waals surface area (Å²) in [5, 5.41) is 18.2. The van der Waals surface area contributed by atoms with Gasteiger partial charge in [0.25, 0.3) is 0 Å². The van der Waals surface area contributed by atoms with Gasteiger partial charge in [0.05, 0.1) is 0 Å². The summed E-state index contributed by atoms with van der Waals surface area (Å²) in [6, 6.07) is 1.44. The van der Waals surface area contributed by atoms with Gasteiger partial charge in [0.15, 0.2) is 0 Å². The molecule has 0 aromatic heterocycles. The maximum atomic E-state index is 9.10. The second-order valence-corrected chi connectivity index (χ2v) is 5.03. The van der Waals surface area contributed by atoms with Crippen molar-refractivity contribution < 1.29 is 19.8 Å². The molecule has 0 unspecified atom stereocenters. The van der Waals surface area contributed by atoms with Crippen LogP contribution in [0.2, 0.25) is 0 Å². The predicted molar refractivity (Wildman–Crippen MR) is 73.3 cm³/mol. The number of likely N-dealkylation sites (N-methyl/N-ethyl adjacent to an activating group) is 2. The first-order chi connectivity index (χ1) is 8.90. The van der Waals surface area contributed by atoms with Crippen molar-refractivity contribution in [3.05, 3.63) is 0 Å². The molecule has 0 saturated heterocycles. The monoisotopic (exact) mass is 274 g/mol. The van der Waals surface area contributed by atoms with Crippen molar-refractivity contribution in [2.24, 2.45) is 0 Å². The Balaban J connectivity index is 0.000000459. The summed E-state index contributed by atoms with van der Waals surface area (Å²) < 4.78 is 0. The van der Waals surface area contributed by atoms with Crippen LogP contribution >= 0.6 is 0 Å². The number of nitrogens with one attached hydrogen (secondary N) is 1. The Morgan fingerprint density at radius 3 is 1.84 bits per heavy atom. The molecule has 2 atom stereocenters. The van der Waals surface area contributed by atoms with E-state index in [9.17, 15) is 0 Å². The van der Waals surface area contributed by atoms with Gasteiger partial charge in [-0.15, -0.1) is 0 Å². The molecule has 6 nitrogen and oxygen atoms in total. The van der Waals surface area contributed by atoms with E-state index < -0.39 is 11.9 Å². The van der Waals surface area contributed by atoms with Crippen molar-refractivity contribution in [2.45, 2.75) is 50.6 Å². The topological polar surface area (TPSA) is 89.9 Å². The summed E-state index contributed by atoms with van der Waals surface area (Å²) in [4.78, 5) is 20.6. The normalized spacial score (nSPS) is 23.8. The molecule has 1 saturated carbocycles. The van der Waals surface area contributed by atoms with Crippen LogP contribution in [0.25, 0.3) is 0 Å². The Bertz CT molecular complexity index is 270. The molecular formula is C13H26N2O4. The molecule has 0 heterocycles. The standard InChI is InChI=1S/C11H24N2.C2H2O4/c1-12-10-8-6-4-5-7-9-11(10)13(2)3;3-1(4)2(5)6/h10-12H,4-9H2,1-3H3;(H,3,4)(H,5,6)/t10-,11-;/m1./s1. The Morgan fingerprint density at radius 1 is 1.00 bits per heavy atom. The summed E-state index contributed by atoms with van der Waals surface area (Å²) >= 11 is 0. The molecule has 0 bridgehead atoms. The number of rotatable bonds is 2. The molecule has 112 valence electrons. The molecule has 3 N–H and O–H groups in total. The zero-order valence-corrected chi connectivity index (χ0v) is 12.1. The highest BCUT2D eigenvalue weighted by Gasteiger charge is 2.22. The summed E-state index contributed by atoms with van der Waals surface area (Å²) in [6.07, 6.45) is 8.37. The number of carboxylic acids is 2. The van der Waals surface area contributed by atoms with Crippen molar-refractivity contribution >= 4 is 11.9 Å². The van der Waals surface area contributed by atoms with Gasteiger partial charge in [0, 0.05) is 12.1 Å². The van der Waals surface area contributed by atoms with Crippen LogP contribution in [0, 0.1) is 0 Å². The Labute approximate surface area is 114 Å². The third-order valence-electron chi connectivity index (χ3n) is 3.45. The molecule has 19 heavy (non-hydrogen) atoms. The van der Waals surface area contributed by atoms with Gasteiger partial charge in [-0.3, -0.25) is 0 Å². The smallest absolute Gasteiger partial charge is 0.414 e. The Kier molecular flexibility index (Phi) is 9.16. The average molecular weight is 274 g/mol. The fourth-order valence-corrected chi connectivity index (χ4v) is 2.42. The van der Waals surface area contributed by atoms with Crippen LogP contribution in [-0.2, 0) is 9.59 Å². The molecule has 6 heteroatoms. The third kappa shape index (κ3) is 7.79. The average Bonchev–Trinajstić information content (AvgIpc) is 2.29. The molecule has 1 rings (SSSR count). The number of hydrogen-bond donors (Lipinski definition) is 3. The van der Waals surface area contributed by atoms with E-state index in [4.69, 9.17) is 19.8 Å². The lowest BCUT2D eigenvalue weighted by Gasteiger charge is -2.33. The molecule has 1 fully saturated rings. The van der Waals surface area contributed by atoms with E-state index in [0.717, 1.165) is 6.04 Å². The summed E-state index contributed by atoms with van der Waals surface area (Å²) in [7, 11) is 6.51. The fraction of sp³-hybridized carbons (Fsp3) is 0.846. The van der Waals surface area contributed by atoms with E-state index in [-0.39, 0.29) is 0 Å². The van der Waals surface area contributed by atoms with Gasteiger partial charge in [-0.05, 0) is 34.0 Å². The maximum absolute atomic E-state index is 9.10. The van der Waals surface area contributed by atoms with Crippen molar-refractivity contribution in [3.63, 3.8) is 0 Å². The fourth-order valence-electron chi connectivity index (χ4n) is 2.42. The first kappa shape index (κ1) is 17.9. The lowest BCUT2D eigenvalue weighted by atomic mass is 9.92. The first-order valence-corrected chi connectivity index (χ1v) is 6.70. The van der Waals surface area contributed by atoms with E-state index in [1.165, 1.54) is 38.5 Å². The van der Waals surface area contributed by atoms with Gasteiger partial charge in [0.1, 0.15) is 0 Å². The van der Waals surface area contributed by atoms with Gasteiger partial charge in [-0.25, -0.2) is 9.59 Å². The molecular weight excluding hydrogens is 248 g/mol. The van der Waals surface area contributed by atoms with E-state index >= 15 is 0 Å². The van der Waals surface area contributed by atoms with Crippen LogP contribution in [0.5, 0.6) is 0 Å². The SMILES string of the molecule is CN[C@@H]1CCCCCC[C@H]1N(C)C.O=C(O)C(=O)O. The summed E-state index contributed by atoms with van der Waals surface area (Å²) in [6.45, 7) is 0. The van der Waals surface area contributed by atoms with Crippen LogP contribution in [-0.4, -0.2) is 60.3 Å². The molecule has 0 amide bonds. The minimum Gasteiger partial charge on any atom is -0.473 e. The highest BCUT2D eigenvalue weighted by Crippen LogP contribution is 2.20. The molecule has 0 spiro atoms. The second kappa shape index (κ2) is 9.75. The number of nitrogens with zero attached hydrogens (tertiary/aromatic N) is 1. The number of carboxylic acid groups (broad SMARTS) is 2. The van der Waals surface area contributed by atoms with Crippen molar-refractivity contribution in [1.82, 2.24) is 10.2 Å². The molecule has 0 aromatic carbocycles. The first-order valence-electron chi connectivity index (χ1n) is 6.70. The van der Waals surface area contributed by atoms with Gasteiger partial charge in [-0.1, -0.05) is 25.7 Å². The van der Waals surface area contributed by atoms with E-state index in [1.807, 2.05) is 0 Å². The van der Waals surface area contributed by atoms with Gasteiger partial charge in [0.2, 0.25) is 0 Å². The largest absolute Gasteiger partial charge is 0.473 e. The van der Waals surface area contributed by atoms with Crippen LogP contribution in [0.3, 0.4) is 0 Å². The van der Waals surface area contributed by atoms with Gasteiger partial charge >= 0.3 is 11.9 Å². The maximum Gasteiger partial charge on any atom is 0.414 e. The second-order valence-electron chi connectivity index (χ2n) is 5.03. The molecule has 1 aliphatic rings. The minimum atomic E-state index is -1.82. The summed E-state index contributed by atoms with van der Waals surface area (Å²) in [5.74, 6) is -3.65. The third-order valence-corrected chi connectivity index (χ3v) is 3.45. The van der Waals surface area contributed by atoms with Crippen LogP contribution < -0.4 is 5.32 Å². The van der Waals surface area contributed by atoms with E-state index in [0.29, 0.717) is 6.04 Å². The van der Waals surface area contributed by atoms with Crippen LogP contribution in [0.4, 0.5) is 0 Å². The zero-order valence-electron chi connectivity index (χ0n) is 12.1. The van der Waals surface area contributed by atoms with E-state index in [2.05, 4.69) is 31.4 Å². The molecule has 0 aromatic rings.